The Labute approximate surface area is 170 Å². The van der Waals surface area contributed by atoms with Gasteiger partial charge in [-0.25, -0.2) is 4.79 Å². The topological polar surface area (TPSA) is 92.9 Å². The summed E-state index contributed by atoms with van der Waals surface area (Å²) in [6.07, 6.45) is 8.87. The first-order chi connectivity index (χ1) is 13.3. The normalized spacial score (nSPS) is 24.2. The minimum Gasteiger partial charge on any atom is -0.467 e. The van der Waals surface area contributed by atoms with Crippen molar-refractivity contribution < 1.29 is 19.4 Å². The molecule has 0 radical (unpaired) electrons. The van der Waals surface area contributed by atoms with Gasteiger partial charge in [0.05, 0.1) is 13.2 Å². The number of amides is 1. The molecule has 2 aliphatic rings. The summed E-state index contributed by atoms with van der Waals surface area (Å²) in [5.41, 5.74) is 6.33. The van der Waals surface area contributed by atoms with Crippen molar-refractivity contribution in [3.63, 3.8) is 0 Å². The minimum atomic E-state index is -0.686. The van der Waals surface area contributed by atoms with Gasteiger partial charge in [-0.1, -0.05) is 46.0 Å². The summed E-state index contributed by atoms with van der Waals surface area (Å²) in [6.45, 7) is 4.74. The lowest BCUT2D eigenvalue weighted by molar-refractivity contribution is -0.153. The molecule has 2 rings (SSSR count). The standard InChI is InChI=1S/C22H40N2O4/c1-15(2)12-17(21(26)24-11-7-10-19(24)22(27)28-3)14-20(25)18(23)13-16-8-5-4-6-9-16/h15-20,25H,4-14,23H2,1-3H3/t17-,18+,19?,20+/m1/s1. The third kappa shape index (κ3) is 6.45. The summed E-state index contributed by atoms with van der Waals surface area (Å²) in [5.74, 6) is 0.238. The van der Waals surface area contributed by atoms with Crippen LogP contribution in [0.2, 0.25) is 0 Å². The fourth-order valence-electron chi connectivity index (χ4n) is 4.94. The zero-order chi connectivity index (χ0) is 20.7. The van der Waals surface area contributed by atoms with Gasteiger partial charge in [0, 0.05) is 18.5 Å². The molecule has 1 saturated heterocycles. The lowest BCUT2D eigenvalue weighted by Crippen LogP contribution is -2.46. The van der Waals surface area contributed by atoms with Gasteiger partial charge in [-0.2, -0.15) is 0 Å². The Morgan fingerprint density at radius 3 is 2.39 bits per heavy atom. The number of hydrogen-bond donors (Lipinski definition) is 2. The smallest absolute Gasteiger partial charge is 0.328 e. The molecule has 0 aromatic carbocycles. The molecule has 0 aromatic rings. The van der Waals surface area contributed by atoms with Gasteiger partial charge in [0.25, 0.3) is 0 Å². The number of nitrogens with zero attached hydrogens (tertiary/aromatic N) is 1. The third-order valence-corrected chi connectivity index (χ3v) is 6.46. The van der Waals surface area contributed by atoms with E-state index in [1.165, 1.54) is 39.2 Å². The molecule has 1 aliphatic heterocycles. The van der Waals surface area contributed by atoms with Crippen LogP contribution in [0.25, 0.3) is 0 Å². The average Bonchev–Trinajstić information content (AvgIpc) is 3.16. The zero-order valence-corrected chi connectivity index (χ0v) is 17.9. The van der Waals surface area contributed by atoms with Crippen molar-refractivity contribution in [1.82, 2.24) is 4.90 Å². The number of nitrogens with two attached hydrogens (primary N) is 1. The number of methoxy groups -OCH3 is 1. The highest BCUT2D eigenvalue weighted by Crippen LogP contribution is 2.30. The van der Waals surface area contributed by atoms with Crippen LogP contribution in [0.5, 0.6) is 0 Å². The molecule has 0 spiro atoms. The van der Waals surface area contributed by atoms with E-state index in [0.717, 1.165) is 12.8 Å². The number of carbonyl (C=O) groups is 2. The van der Waals surface area contributed by atoms with E-state index in [-0.39, 0.29) is 23.8 Å². The summed E-state index contributed by atoms with van der Waals surface area (Å²) in [5, 5.41) is 10.8. The maximum absolute atomic E-state index is 13.2. The van der Waals surface area contributed by atoms with Crippen molar-refractivity contribution >= 4 is 11.9 Å². The maximum atomic E-state index is 13.2. The molecule has 1 amide bonds. The highest BCUT2D eigenvalue weighted by Gasteiger charge is 2.39. The number of ether oxygens (including phenoxy) is 1. The number of aliphatic hydroxyl groups excluding tert-OH is 1. The molecule has 4 atom stereocenters. The largest absolute Gasteiger partial charge is 0.467 e. The SMILES string of the molecule is COC(=O)C1CCCN1C(=O)[C@H](CC(C)C)C[C@H](O)[C@@H](N)CC1CCCCC1. The molecule has 1 aliphatic carbocycles. The van der Waals surface area contributed by atoms with Crippen LogP contribution in [0.3, 0.4) is 0 Å². The maximum Gasteiger partial charge on any atom is 0.328 e. The number of hydrogen-bond acceptors (Lipinski definition) is 5. The average molecular weight is 397 g/mol. The predicted molar refractivity (Wildman–Crippen MR) is 109 cm³/mol. The molecule has 1 saturated carbocycles. The summed E-state index contributed by atoms with van der Waals surface area (Å²) in [4.78, 5) is 26.9. The van der Waals surface area contributed by atoms with Crippen LogP contribution < -0.4 is 5.73 Å². The molecule has 0 aromatic heterocycles. The van der Waals surface area contributed by atoms with E-state index < -0.39 is 12.1 Å². The molecule has 6 heteroatoms. The van der Waals surface area contributed by atoms with E-state index in [1.54, 1.807) is 4.90 Å². The van der Waals surface area contributed by atoms with E-state index in [2.05, 4.69) is 13.8 Å². The van der Waals surface area contributed by atoms with Crippen molar-refractivity contribution in [2.45, 2.75) is 96.2 Å². The second-order valence-corrected chi connectivity index (χ2v) is 9.25. The number of likely N-dealkylation sites (tertiary alicyclic amines) is 1. The van der Waals surface area contributed by atoms with Crippen LogP contribution in [0, 0.1) is 17.8 Å². The Morgan fingerprint density at radius 1 is 1.11 bits per heavy atom. The quantitative estimate of drug-likeness (QED) is 0.585. The Kier molecular flexibility index (Phi) is 9.22. The van der Waals surface area contributed by atoms with Crippen LogP contribution in [0.4, 0.5) is 0 Å². The first kappa shape index (κ1) is 23.1. The predicted octanol–water partition coefficient (Wildman–Crippen LogP) is 2.86. The molecular weight excluding hydrogens is 356 g/mol. The van der Waals surface area contributed by atoms with Crippen molar-refractivity contribution in [2.75, 3.05) is 13.7 Å². The molecule has 28 heavy (non-hydrogen) atoms. The molecule has 2 fully saturated rings. The third-order valence-electron chi connectivity index (χ3n) is 6.46. The van der Waals surface area contributed by atoms with Crippen molar-refractivity contribution in [1.29, 1.82) is 0 Å². The molecule has 6 nitrogen and oxygen atoms in total. The van der Waals surface area contributed by atoms with Crippen LogP contribution >= 0.6 is 0 Å². The van der Waals surface area contributed by atoms with Crippen LogP contribution in [0.1, 0.15) is 78.1 Å². The van der Waals surface area contributed by atoms with Crippen molar-refractivity contribution in [3.05, 3.63) is 0 Å². The Morgan fingerprint density at radius 2 is 1.79 bits per heavy atom. The van der Waals surface area contributed by atoms with E-state index >= 15 is 0 Å². The van der Waals surface area contributed by atoms with E-state index in [0.29, 0.717) is 37.6 Å². The van der Waals surface area contributed by atoms with Crippen LogP contribution in [-0.4, -0.2) is 53.7 Å². The number of esters is 1. The van der Waals surface area contributed by atoms with Gasteiger partial charge in [0.1, 0.15) is 6.04 Å². The van der Waals surface area contributed by atoms with Gasteiger partial charge >= 0.3 is 5.97 Å². The van der Waals surface area contributed by atoms with Crippen molar-refractivity contribution in [2.24, 2.45) is 23.5 Å². The fourth-order valence-corrected chi connectivity index (χ4v) is 4.94. The molecule has 3 N–H and O–H groups in total. The number of aliphatic hydroxyl groups is 1. The van der Waals surface area contributed by atoms with Crippen LogP contribution in [0.15, 0.2) is 0 Å². The van der Waals surface area contributed by atoms with Gasteiger partial charge in [-0.15, -0.1) is 0 Å². The minimum absolute atomic E-state index is 0.0366. The highest BCUT2D eigenvalue weighted by molar-refractivity contribution is 5.86. The molecule has 1 heterocycles. The number of rotatable bonds is 9. The van der Waals surface area contributed by atoms with E-state index in [1.807, 2.05) is 0 Å². The van der Waals surface area contributed by atoms with E-state index in [4.69, 9.17) is 10.5 Å². The van der Waals surface area contributed by atoms with Crippen molar-refractivity contribution in [3.8, 4) is 0 Å². The molecular formula is C22H40N2O4. The van der Waals surface area contributed by atoms with Gasteiger partial charge in [0.15, 0.2) is 0 Å². The highest BCUT2D eigenvalue weighted by atomic mass is 16.5. The Balaban J connectivity index is 1.99. The first-order valence-electron chi connectivity index (χ1n) is 11.1. The van der Waals surface area contributed by atoms with E-state index in [9.17, 15) is 14.7 Å². The second-order valence-electron chi connectivity index (χ2n) is 9.25. The Hall–Kier alpha value is -1.14. The lowest BCUT2D eigenvalue weighted by Gasteiger charge is -2.32. The fraction of sp³-hybridized carbons (Fsp3) is 0.909. The molecule has 0 bridgehead atoms. The summed E-state index contributed by atoms with van der Waals surface area (Å²) < 4.78 is 4.88. The van der Waals surface area contributed by atoms with Gasteiger partial charge in [-0.05, 0) is 43.9 Å². The monoisotopic (exact) mass is 396 g/mol. The molecule has 1 unspecified atom stereocenters. The van der Waals surface area contributed by atoms with Gasteiger partial charge in [0.2, 0.25) is 5.91 Å². The van der Waals surface area contributed by atoms with Gasteiger partial charge < -0.3 is 20.5 Å². The number of carbonyl (C=O) groups excluding carboxylic acids is 2. The Bertz CT molecular complexity index is 505. The zero-order valence-electron chi connectivity index (χ0n) is 17.9. The first-order valence-corrected chi connectivity index (χ1v) is 11.1. The summed E-state index contributed by atoms with van der Waals surface area (Å²) >= 11 is 0. The lowest BCUT2D eigenvalue weighted by atomic mass is 9.82. The summed E-state index contributed by atoms with van der Waals surface area (Å²) in [6, 6.07) is -0.777. The summed E-state index contributed by atoms with van der Waals surface area (Å²) in [7, 11) is 1.36. The van der Waals surface area contributed by atoms with Gasteiger partial charge in [-0.3, -0.25) is 4.79 Å². The second kappa shape index (κ2) is 11.1. The van der Waals surface area contributed by atoms with Crippen LogP contribution in [-0.2, 0) is 14.3 Å². The molecule has 162 valence electrons.